The van der Waals surface area contributed by atoms with E-state index >= 15 is 0 Å². The highest BCUT2D eigenvalue weighted by Crippen LogP contribution is 2.33. The van der Waals surface area contributed by atoms with Gasteiger partial charge in [0.05, 0.1) is 11.4 Å². The number of amides is 1. The van der Waals surface area contributed by atoms with Crippen molar-refractivity contribution in [3.05, 3.63) is 11.4 Å². The van der Waals surface area contributed by atoms with Crippen molar-refractivity contribution in [2.75, 3.05) is 26.4 Å². The Labute approximate surface area is 113 Å². The summed E-state index contributed by atoms with van der Waals surface area (Å²) in [6.45, 7) is 2.45. The van der Waals surface area contributed by atoms with Crippen molar-refractivity contribution < 1.29 is 4.79 Å². The summed E-state index contributed by atoms with van der Waals surface area (Å²) >= 11 is 0. The number of rotatable bonds is 4. The van der Waals surface area contributed by atoms with E-state index in [-0.39, 0.29) is 11.4 Å². The molecule has 1 aromatic heterocycles. The summed E-state index contributed by atoms with van der Waals surface area (Å²) in [5, 5.41) is 9.66. The fourth-order valence-electron chi connectivity index (χ4n) is 2.75. The molecular formula is C13H23N5O. The maximum absolute atomic E-state index is 12.1. The SMILES string of the molecule is Cc1[nH]nc(C(=O)NCC2(N(C)C)CCCC2)c1N. The molecular weight excluding hydrogens is 242 g/mol. The Hall–Kier alpha value is -1.56. The predicted molar refractivity (Wildman–Crippen MR) is 75.0 cm³/mol. The van der Waals surface area contributed by atoms with Gasteiger partial charge in [-0.2, -0.15) is 5.10 Å². The zero-order valence-electron chi connectivity index (χ0n) is 11.9. The second kappa shape index (κ2) is 5.21. The summed E-state index contributed by atoms with van der Waals surface area (Å²) in [6.07, 6.45) is 4.68. The third-order valence-electron chi connectivity index (χ3n) is 4.27. The van der Waals surface area contributed by atoms with Gasteiger partial charge in [0.15, 0.2) is 5.69 Å². The van der Waals surface area contributed by atoms with Gasteiger partial charge in [-0.05, 0) is 33.9 Å². The quantitative estimate of drug-likeness (QED) is 0.755. The number of hydrogen-bond acceptors (Lipinski definition) is 4. The molecule has 0 bridgehead atoms. The molecule has 1 aliphatic rings. The molecule has 1 amide bonds. The van der Waals surface area contributed by atoms with Crippen LogP contribution in [0.2, 0.25) is 0 Å². The summed E-state index contributed by atoms with van der Waals surface area (Å²) in [4.78, 5) is 14.3. The second-order valence-electron chi connectivity index (χ2n) is 5.62. The second-order valence-corrected chi connectivity index (χ2v) is 5.62. The van der Waals surface area contributed by atoms with Gasteiger partial charge >= 0.3 is 0 Å². The number of nitrogens with one attached hydrogen (secondary N) is 2. The molecule has 0 spiro atoms. The number of nitrogens with two attached hydrogens (primary N) is 1. The number of aromatic amines is 1. The molecule has 0 aliphatic heterocycles. The smallest absolute Gasteiger partial charge is 0.274 e. The third-order valence-corrected chi connectivity index (χ3v) is 4.27. The summed E-state index contributed by atoms with van der Waals surface area (Å²) in [7, 11) is 4.15. The molecule has 1 aliphatic carbocycles. The topological polar surface area (TPSA) is 87.0 Å². The van der Waals surface area contributed by atoms with Crippen molar-refractivity contribution in [3.8, 4) is 0 Å². The van der Waals surface area contributed by atoms with Crippen LogP contribution in [0.15, 0.2) is 0 Å². The van der Waals surface area contributed by atoms with Crippen molar-refractivity contribution in [1.29, 1.82) is 0 Å². The number of nitrogen functional groups attached to an aromatic ring is 1. The maximum atomic E-state index is 12.1. The maximum Gasteiger partial charge on any atom is 0.274 e. The van der Waals surface area contributed by atoms with E-state index in [1.54, 1.807) is 6.92 Å². The first-order chi connectivity index (χ1) is 8.96. The number of hydrogen-bond donors (Lipinski definition) is 3. The molecule has 6 heteroatoms. The summed E-state index contributed by atoms with van der Waals surface area (Å²) in [5.41, 5.74) is 7.35. The Balaban J connectivity index is 2.02. The van der Waals surface area contributed by atoms with Crippen LogP contribution in [-0.2, 0) is 0 Å². The minimum absolute atomic E-state index is 0.0791. The first-order valence-corrected chi connectivity index (χ1v) is 6.72. The minimum atomic E-state index is -0.199. The number of carbonyl (C=O) groups is 1. The van der Waals surface area contributed by atoms with Crippen LogP contribution in [-0.4, -0.2) is 47.2 Å². The van der Waals surface area contributed by atoms with E-state index < -0.39 is 0 Å². The van der Waals surface area contributed by atoms with Crippen LogP contribution in [0, 0.1) is 6.92 Å². The van der Waals surface area contributed by atoms with E-state index in [9.17, 15) is 4.79 Å². The number of anilines is 1. The number of H-pyrrole nitrogens is 1. The summed E-state index contributed by atoms with van der Waals surface area (Å²) in [6, 6.07) is 0. The largest absolute Gasteiger partial charge is 0.395 e. The first kappa shape index (κ1) is 13.9. The van der Waals surface area contributed by atoms with E-state index in [1.807, 2.05) is 0 Å². The van der Waals surface area contributed by atoms with Crippen molar-refractivity contribution in [1.82, 2.24) is 20.4 Å². The number of likely N-dealkylation sites (N-methyl/N-ethyl adjacent to an activating group) is 1. The van der Waals surface area contributed by atoms with Gasteiger partial charge in [-0.1, -0.05) is 12.8 Å². The van der Waals surface area contributed by atoms with Crippen LogP contribution < -0.4 is 11.1 Å². The zero-order chi connectivity index (χ0) is 14.0. The fraction of sp³-hybridized carbons (Fsp3) is 0.692. The summed E-state index contributed by atoms with van der Waals surface area (Å²) < 4.78 is 0. The average Bonchev–Trinajstić information content (AvgIpc) is 2.96. The average molecular weight is 265 g/mol. The van der Waals surface area contributed by atoms with E-state index in [0.717, 1.165) is 18.5 Å². The van der Waals surface area contributed by atoms with E-state index in [4.69, 9.17) is 5.73 Å². The van der Waals surface area contributed by atoms with E-state index in [0.29, 0.717) is 17.9 Å². The number of aromatic nitrogens is 2. The molecule has 0 saturated heterocycles. The lowest BCUT2D eigenvalue weighted by Crippen LogP contribution is -2.50. The highest BCUT2D eigenvalue weighted by Gasteiger charge is 2.36. The Bertz CT molecular complexity index is 460. The Kier molecular flexibility index (Phi) is 3.80. The van der Waals surface area contributed by atoms with Gasteiger partial charge in [-0.15, -0.1) is 0 Å². The lowest BCUT2D eigenvalue weighted by molar-refractivity contribution is 0.0896. The van der Waals surface area contributed by atoms with E-state index in [2.05, 4.69) is 34.5 Å². The molecule has 0 atom stereocenters. The molecule has 1 aromatic rings. The molecule has 19 heavy (non-hydrogen) atoms. The van der Waals surface area contributed by atoms with Gasteiger partial charge in [0.2, 0.25) is 0 Å². The van der Waals surface area contributed by atoms with Gasteiger partial charge in [-0.25, -0.2) is 0 Å². The van der Waals surface area contributed by atoms with Crippen LogP contribution in [0.25, 0.3) is 0 Å². The van der Waals surface area contributed by atoms with Crippen LogP contribution in [0.4, 0.5) is 5.69 Å². The lowest BCUT2D eigenvalue weighted by Gasteiger charge is -2.36. The predicted octanol–water partition coefficient (Wildman–Crippen LogP) is 0.905. The molecule has 1 heterocycles. The van der Waals surface area contributed by atoms with Gasteiger partial charge in [0.1, 0.15) is 0 Å². The van der Waals surface area contributed by atoms with Crippen LogP contribution in [0.5, 0.6) is 0 Å². The van der Waals surface area contributed by atoms with Crippen molar-refractivity contribution >= 4 is 11.6 Å². The highest BCUT2D eigenvalue weighted by molar-refractivity contribution is 5.97. The zero-order valence-corrected chi connectivity index (χ0v) is 11.9. The molecule has 106 valence electrons. The molecule has 4 N–H and O–H groups in total. The lowest BCUT2D eigenvalue weighted by atomic mass is 9.96. The van der Waals surface area contributed by atoms with Crippen molar-refractivity contribution in [2.45, 2.75) is 38.1 Å². The molecule has 0 radical (unpaired) electrons. The molecule has 0 aromatic carbocycles. The van der Waals surface area contributed by atoms with Crippen molar-refractivity contribution in [3.63, 3.8) is 0 Å². The standard InChI is InChI=1S/C13H23N5O/c1-9-10(14)11(17-16-9)12(19)15-8-13(18(2)3)6-4-5-7-13/h4-8,14H2,1-3H3,(H,15,19)(H,16,17). The van der Waals surface area contributed by atoms with Gasteiger partial charge in [0, 0.05) is 12.1 Å². The van der Waals surface area contributed by atoms with Gasteiger partial charge in [-0.3, -0.25) is 9.89 Å². The highest BCUT2D eigenvalue weighted by atomic mass is 16.2. The summed E-state index contributed by atoms with van der Waals surface area (Å²) in [5.74, 6) is -0.199. The van der Waals surface area contributed by atoms with E-state index in [1.165, 1.54) is 12.8 Å². The minimum Gasteiger partial charge on any atom is -0.395 e. The third kappa shape index (κ3) is 2.58. The molecule has 1 fully saturated rings. The fourth-order valence-corrected chi connectivity index (χ4v) is 2.75. The Morgan fingerprint density at radius 1 is 1.47 bits per heavy atom. The van der Waals surface area contributed by atoms with Crippen LogP contribution in [0.1, 0.15) is 41.9 Å². The number of nitrogens with zero attached hydrogens (tertiary/aromatic N) is 2. The van der Waals surface area contributed by atoms with Crippen molar-refractivity contribution in [2.24, 2.45) is 0 Å². The molecule has 1 saturated carbocycles. The van der Waals surface area contributed by atoms with Crippen LogP contribution >= 0.6 is 0 Å². The number of carbonyl (C=O) groups excluding carboxylic acids is 1. The molecule has 2 rings (SSSR count). The Morgan fingerprint density at radius 2 is 2.11 bits per heavy atom. The number of aryl methyl sites for hydroxylation is 1. The van der Waals surface area contributed by atoms with Crippen LogP contribution in [0.3, 0.4) is 0 Å². The normalized spacial score (nSPS) is 17.9. The Morgan fingerprint density at radius 3 is 2.58 bits per heavy atom. The first-order valence-electron chi connectivity index (χ1n) is 6.72. The molecule has 6 nitrogen and oxygen atoms in total. The molecule has 0 unspecified atom stereocenters. The van der Waals surface area contributed by atoms with Gasteiger partial charge in [0.25, 0.3) is 5.91 Å². The van der Waals surface area contributed by atoms with Gasteiger partial charge < -0.3 is 16.0 Å². The monoisotopic (exact) mass is 265 g/mol.